The molecule has 0 spiro atoms. The molecular formula is C18H21ClN4O5S. The molecule has 1 aromatic carbocycles. The van der Waals surface area contributed by atoms with Crippen molar-refractivity contribution < 1.29 is 18.9 Å². The molecule has 9 nitrogen and oxygen atoms in total. The van der Waals surface area contributed by atoms with Gasteiger partial charge >= 0.3 is 5.88 Å². The summed E-state index contributed by atoms with van der Waals surface area (Å²) in [7, 11) is 5.49. The fourth-order valence-electron chi connectivity index (χ4n) is 2.64. The number of nitro groups is 1. The number of hydrogen-bond donors (Lipinski definition) is 0. The normalized spacial score (nSPS) is 10.8. The van der Waals surface area contributed by atoms with E-state index in [0.717, 1.165) is 16.8 Å². The second-order valence-corrected chi connectivity index (χ2v) is 7.35. The standard InChI is InChI=1S/C18H20N4O5S.ClH/c1-20(2)9-4-10-21(17(23)14-7-8-16(27-14)22(24)25)18-19-13-6-5-12(26-3)11-15(13)28-18;/h5-8,11H,4,9-10H2,1-3H3;1H. The van der Waals surface area contributed by atoms with Crippen molar-refractivity contribution >= 4 is 50.9 Å². The molecule has 0 aliphatic rings. The molecule has 11 heteroatoms. The fourth-order valence-corrected chi connectivity index (χ4v) is 3.66. The first-order valence-electron chi connectivity index (χ1n) is 8.54. The van der Waals surface area contributed by atoms with Crippen molar-refractivity contribution in [3.05, 3.63) is 46.2 Å². The van der Waals surface area contributed by atoms with Gasteiger partial charge in [-0.2, -0.15) is 0 Å². The highest BCUT2D eigenvalue weighted by atomic mass is 35.5. The molecule has 0 saturated carbocycles. The average Bonchev–Trinajstić information content (AvgIpc) is 3.30. The number of hydrogen-bond acceptors (Lipinski definition) is 8. The van der Waals surface area contributed by atoms with Gasteiger partial charge in [0.25, 0.3) is 5.91 Å². The first-order chi connectivity index (χ1) is 13.4. The minimum absolute atomic E-state index is 0. The van der Waals surface area contributed by atoms with Gasteiger partial charge < -0.3 is 14.1 Å². The third kappa shape index (κ3) is 5.22. The zero-order chi connectivity index (χ0) is 20.3. The molecule has 0 fully saturated rings. The first-order valence-corrected chi connectivity index (χ1v) is 9.36. The number of fused-ring (bicyclic) bond motifs is 1. The number of carbonyl (C=O) groups excluding carboxylic acids is 1. The number of ether oxygens (including phenoxy) is 1. The van der Waals surface area contributed by atoms with E-state index in [9.17, 15) is 14.9 Å². The van der Waals surface area contributed by atoms with Gasteiger partial charge in [-0.3, -0.25) is 19.8 Å². The Morgan fingerprint density at radius 1 is 1.28 bits per heavy atom. The number of thiazole rings is 1. The van der Waals surface area contributed by atoms with Crippen LogP contribution in [0.5, 0.6) is 5.75 Å². The highest BCUT2D eigenvalue weighted by Crippen LogP contribution is 2.32. The molecule has 3 rings (SSSR count). The van der Waals surface area contributed by atoms with E-state index in [0.29, 0.717) is 23.8 Å². The van der Waals surface area contributed by atoms with E-state index >= 15 is 0 Å². The van der Waals surface area contributed by atoms with Gasteiger partial charge in [0, 0.05) is 6.54 Å². The number of benzene rings is 1. The van der Waals surface area contributed by atoms with E-state index in [-0.39, 0.29) is 18.2 Å². The second-order valence-electron chi connectivity index (χ2n) is 6.34. The van der Waals surface area contributed by atoms with Gasteiger partial charge in [0.1, 0.15) is 10.7 Å². The molecule has 0 saturated heterocycles. The number of nitrogens with zero attached hydrogens (tertiary/aromatic N) is 4. The minimum Gasteiger partial charge on any atom is -0.497 e. The lowest BCUT2D eigenvalue weighted by molar-refractivity contribution is -0.402. The summed E-state index contributed by atoms with van der Waals surface area (Å²) in [6.07, 6.45) is 0.709. The number of furan rings is 1. The number of rotatable bonds is 8. The molecular weight excluding hydrogens is 420 g/mol. The van der Waals surface area contributed by atoms with Crippen LogP contribution >= 0.6 is 23.7 Å². The van der Waals surface area contributed by atoms with Crippen LogP contribution in [0.3, 0.4) is 0 Å². The Bertz CT molecular complexity index is 1000. The van der Waals surface area contributed by atoms with E-state index in [2.05, 4.69) is 4.98 Å². The smallest absolute Gasteiger partial charge is 0.433 e. The van der Waals surface area contributed by atoms with Crippen LogP contribution in [0.2, 0.25) is 0 Å². The Morgan fingerprint density at radius 2 is 2.03 bits per heavy atom. The molecule has 3 aromatic rings. The molecule has 0 aliphatic heterocycles. The van der Waals surface area contributed by atoms with E-state index in [4.69, 9.17) is 9.15 Å². The summed E-state index contributed by atoms with van der Waals surface area (Å²) in [4.78, 5) is 31.3. The molecule has 0 radical (unpaired) electrons. The molecule has 2 heterocycles. The number of methoxy groups -OCH3 is 1. The Hall–Kier alpha value is -2.69. The molecule has 0 N–H and O–H groups in total. The van der Waals surface area contributed by atoms with Crippen LogP contribution in [-0.2, 0) is 0 Å². The second kappa shape index (κ2) is 9.68. The van der Waals surface area contributed by atoms with Crippen molar-refractivity contribution in [1.82, 2.24) is 9.88 Å². The maximum atomic E-state index is 13.0. The van der Waals surface area contributed by atoms with Crippen LogP contribution in [0.4, 0.5) is 11.0 Å². The van der Waals surface area contributed by atoms with Gasteiger partial charge in [0.15, 0.2) is 10.9 Å². The molecule has 0 atom stereocenters. The third-order valence-corrected chi connectivity index (χ3v) is 5.07. The topological polar surface area (TPSA) is 102 Å². The number of anilines is 1. The van der Waals surface area contributed by atoms with Crippen molar-refractivity contribution in [2.24, 2.45) is 0 Å². The lowest BCUT2D eigenvalue weighted by atomic mass is 10.3. The van der Waals surface area contributed by atoms with Crippen LogP contribution in [0.15, 0.2) is 34.7 Å². The quantitative estimate of drug-likeness (QED) is 0.387. The van der Waals surface area contributed by atoms with E-state index in [1.807, 2.05) is 31.1 Å². The highest BCUT2D eigenvalue weighted by molar-refractivity contribution is 7.22. The largest absolute Gasteiger partial charge is 0.497 e. The molecule has 0 bridgehead atoms. The monoisotopic (exact) mass is 440 g/mol. The van der Waals surface area contributed by atoms with Crippen LogP contribution in [0.1, 0.15) is 17.0 Å². The summed E-state index contributed by atoms with van der Waals surface area (Å²) < 4.78 is 11.2. The summed E-state index contributed by atoms with van der Waals surface area (Å²) >= 11 is 1.35. The lowest BCUT2D eigenvalue weighted by Crippen LogP contribution is -2.33. The summed E-state index contributed by atoms with van der Waals surface area (Å²) in [6, 6.07) is 7.98. The lowest BCUT2D eigenvalue weighted by Gasteiger charge is -2.19. The van der Waals surface area contributed by atoms with Gasteiger partial charge in [-0.05, 0) is 51.3 Å². The summed E-state index contributed by atoms with van der Waals surface area (Å²) in [5, 5.41) is 11.4. The average molecular weight is 441 g/mol. The number of aromatic nitrogens is 1. The molecule has 0 aliphatic carbocycles. The fraction of sp³-hybridized carbons (Fsp3) is 0.333. The summed E-state index contributed by atoms with van der Waals surface area (Å²) in [6.45, 7) is 1.18. The Balaban J connectivity index is 0.00000300. The van der Waals surface area contributed by atoms with Gasteiger partial charge in [-0.15, -0.1) is 12.4 Å². The van der Waals surface area contributed by atoms with Gasteiger partial charge in [-0.25, -0.2) is 4.98 Å². The number of carbonyl (C=O) groups is 1. The van der Waals surface area contributed by atoms with Crippen LogP contribution < -0.4 is 9.64 Å². The van der Waals surface area contributed by atoms with Gasteiger partial charge in [0.05, 0.1) is 23.4 Å². The Labute approximate surface area is 177 Å². The molecule has 29 heavy (non-hydrogen) atoms. The molecule has 0 unspecified atom stereocenters. The molecule has 1 amide bonds. The van der Waals surface area contributed by atoms with Crippen LogP contribution in [0.25, 0.3) is 10.2 Å². The van der Waals surface area contributed by atoms with E-state index < -0.39 is 16.7 Å². The van der Waals surface area contributed by atoms with Crippen molar-refractivity contribution in [1.29, 1.82) is 0 Å². The zero-order valence-electron chi connectivity index (χ0n) is 16.2. The van der Waals surface area contributed by atoms with Crippen molar-refractivity contribution in [3.8, 4) is 5.75 Å². The van der Waals surface area contributed by atoms with Crippen molar-refractivity contribution in [2.45, 2.75) is 6.42 Å². The van der Waals surface area contributed by atoms with Crippen molar-refractivity contribution in [2.75, 3.05) is 39.2 Å². The van der Waals surface area contributed by atoms with E-state index in [1.165, 1.54) is 28.4 Å². The van der Waals surface area contributed by atoms with E-state index in [1.54, 1.807) is 13.2 Å². The first kappa shape index (κ1) is 22.6. The molecule has 156 valence electrons. The minimum atomic E-state index is -0.670. The SMILES string of the molecule is COc1ccc2nc(N(CCCN(C)C)C(=O)c3ccc([N+](=O)[O-])o3)sc2c1.Cl. The van der Waals surface area contributed by atoms with Crippen LogP contribution in [0, 0.1) is 10.1 Å². The zero-order valence-corrected chi connectivity index (χ0v) is 17.8. The third-order valence-electron chi connectivity index (χ3n) is 4.03. The predicted molar refractivity (Wildman–Crippen MR) is 114 cm³/mol. The summed E-state index contributed by atoms with van der Waals surface area (Å²) in [5.41, 5.74) is 0.747. The van der Waals surface area contributed by atoms with Gasteiger partial charge in [0.2, 0.25) is 0 Å². The number of halogens is 1. The Morgan fingerprint density at radius 3 is 2.66 bits per heavy atom. The maximum Gasteiger partial charge on any atom is 0.433 e. The predicted octanol–water partition coefficient (Wildman–Crippen LogP) is 3.83. The maximum absolute atomic E-state index is 13.0. The van der Waals surface area contributed by atoms with Gasteiger partial charge in [-0.1, -0.05) is 11.3 Å². The number of amides is 1. The van der Waals surface area contributed by atoms with Crippen molar-refractivity contribution in [3.63, 3.8) is 0 Å². The van der Waals surface area contributed by atoms with Crippen LogP contribution in [-0.4, -0.2) is 55.0 Å². The Kier molecular flexibility index (Phi) is 7.54. The molecule has 2 aromatic heterocycles. The summed E-state index contributed by atoms with van der Waals surface area (Å²) in [5.74, 6) is -0.313. The highest BCUT2D eigenvalue weighted by Gasteiger charge is 2.26.